The molecule has 0 aromatic carbocycles. The lowest BCUT2D eigenvalue weighted by Gasteiger charge is -2.22. The van der Waals surface area contributed by atoms with Crippen LogP contribution in [0.3, 0.4) is 0 Å². The third-order valence-corrected chi connectivity index (χ3v) is 3.17. The maximum atomic E-state index is 6.02. The van der Waals surface area contributed by atoms with Gasteiger partial charge in [-0.25, -0.2) is 0 Å². The van der Waals surface area contributed by atoms with Gasteiger partial charge >= 0.3 is 0 Å². The highest BCUT2D eigenvalue weighted by molar-refractivity contribution is 6.30. The van der Waals surface area contributed by atoms with Gasteiger partial charge in [0.2, 0.25) is 0 Å². The highest BCUT2D eigenvalue weighted by atomic mass is 35.5. The van der Waals surface area contributed by atoms with Crippen molar-refractivity contribution in [3.63, 3.8) is 0 Å². The lowest BCUT2D eigenvalue weighted by Crippen LogP contribution is -2.38. The summed E-state index contributed by atoms with van der Waals surface area (Å²) in [5.41, 5.74) is 1.16. The van der Waals surface area contributed by atoms with E-state index in [0.717, 1.165) is 42.7 Å². The Morgan fingerprint density at radius 3 is 2.85 bits per heavy atom. The molecule has 4 nitrogen and oxygen atoms in total. The molecular formula is C15H25ClN4. The van der Waals surface area contributed by atoms with E-state index in [9.17, 15) is 0 Å². The molecule has 0 aliphatic carbocycles. The van der Waals surface area contributed by atoms with Gasteiger partial charge in [-0.05, 0) is 26.3 Å². The van der Waals surface area contributed by atoms with Gasteiger partial charge in [0.05, 0.1) is 11.6 Å². The van der Waals surface area contributed by atoms with Gasteiger partial charge in [-0.2, -0.15) is 0 Å². The molecule has 1 aromatic heterocycles. The van der Waals surface area contributed by atoms with Crippen molar-refractivity contribution in [3.05, 3.63) is 35.1 Å². The zero-order valence-corrected chi connectivity index (χ0v) is 13.6. The van der Waals surface area contributed by atoms with Crippen LogP contribution < -0.4 is 5.32 Å². The smallest absolute Gasteiger partial charge is 0.194 e. The number of halogens is 1. The summed E-state index contributed by atoms with van der Waals surface area (Å²) >= 11 is 6.02. The third-order valence-electron chi connectivity index (χ3n) is 2.96. The van der Waals surface area contributed by atoms with E-state index in [1.807, 2.05) is 37.8 Å². The number of aromatic nitrogens is 1. The quantitative estimate of drug-likeness (QED) is 0.379. The number of guanidine groups is 1. The molecule has 0 radical (unpaired) electrons. The number of hydrogen-bond acceptors (Lipinski definition) is 1. The van der Waals surface area contributed by atoms with Gasteiger partial charge in [0.1, 0.15) is 0 Å². The minimum Gasteiger partial charge on any atom is -0.357 e. The number of aryl methyl sites for hydroxylation is 1. The van der Waals surface area contributed by atoms with Crippen LogP contribution in [0, 0.1) is 0 Å². The monoisotopic (exact) mass is 296 g/mol. The van der Waals surface area contributed by atoms with Crippen LogP contribution in [0.5, 0.6) is 0 Å². The normalized spacial score (nSPS) is 12.2. The van der Waals surface area contributed by atoms with Crippen LogP contribution in [0.1, 0.15) is 26.0 Å². The van der Waals surface area contributed by atoms with Crippen molar-refractivity contribution in [1.82, 2.24) is 14.8 Å². The first-order valence-corrected chi connectivity index (χ1v) is 7.37. The standard InChI is InChI=1S/C15H25ClN4/c1-5-7-8-9-18-15(17-6-2)20(4)12-14-10-13(16)11-19(14)3/h5,7,10-11H,6,8-9,12H2,1-4H3,(H,17,18)/b7-5+. The summed E-state index contributed by atoms with van der Waals surface area (Å²) in [5, 5.41) is 4.08. The van der Waals surface area contributed by atoms with Gasteiger partial charge in [-0.1, -0.05) is 23.8 Å². The fourth-order valence-corrected chi connectivity index (χ4v) is 2.19. The molecule has 0 amide bonds. The molecule has 0 unspecified atom stereocenters. The van der Waals surface area contributed by atoms with Crippen molar-refractivity contribution in [2.45, 2.75) is 26.8 Å². The maximum absolute atomic E-state index is 6.02. The Kier molecular flexibility index (Phi) is 7.23. The van der Waals surface area contributed by atoms with Crippen molar-refractivity contribution in [1.29, 1.82) is 0 Å². The SMILES string of the molecule is C/C=C/CCN=C(NCC)N(C)Cc1cc(Cl)cn1C. The second-order valence-corrected chi connectivity index (χ2v) is 5.15. The minimum absolute atomic E-state index is 0.769. The molecule has 20 heavy (non-hydrogen) atoms. The van der Waals surface area contributed by atoms with Crippen LogP contribution in [0.4, 0.5) is 0 Å². The van der Waals surface area contributed by atoms with E-state index in [4.69, 9.17) is 11.6 Å². The zero-order chi connectivity index (χ0) is 15.0. The summed E-state index contributed by atoms with van der Waals surface area (Å²) in [7, 11) is 4.04. The Balaban J connectivity index is 2.67. The van der Waals surface area contributed by atoms with Crippen molar-refractivity contribution >= 4 is 17.6 Å². The first-order chi connectivity index (χ1) is 9.58. The Morgan fingerprint density at radius 1 is 1.55 bits per heavy atom. The van der Waals surface area contributed by atoms with Gasteiger partial charge < -0.3 is 14.8 Å². The Labute approximate surface area is 127 Å². The predicted octanol–water partition coefficient (Wildman–Crippen LogP) is 3.04. The maximum Gasteiger partial charge on any atom is 0.194 e. The first-order valence-electron chi connectivity index (χ1n) is 6.99. The van der Waals surface area contributed by atoms with Crippen LogP contribution in [-0.2, 0) is 13.6 Å². The summed E-state index contributed by atoms with van der Waals surface area (Å²) in [6.45, 7) is 6.54. The molecule has 112 valence electrons. The van der Waals surface area contributed by atoms with Crippen LogP contribution >= 0.6 is 11.6 Å². The molecule has 1 aromatic rings. The zero-order valence-electron chi connectivity index (χ0n) is 12.9. The molecule has 0 saturated carbocycles. The van der Waals surface area contributed by atoms with E-state index in [2.05, 4.69) is 34.3 Å². The number of hydrogen-bond donors (Lipinski definition) is 1. The molecule has 0 fully saturated rings. The lowest BCUT2D eigenvalue weighted by molar-refractivity contribution is 0.462. The van der Waals surface area contributed by atoms with E-state index in [1.54, 1.807) is 0 Å². The molecular weight excluding hydrogens is 272 g/mol. The van der Waals surface area contributed by atoms with Crippen molar-refractivity contribution in [2.75, 3.05) is 20.1 Å². The molecule has 1 N–H and O–H groups in total. The van der Waals surface area contributed by atoms with Gasteiger partial charge in [0.15, 0.2) is 5.96 Å². The summed E-state index contributed by atoms with van der Waals surface area (Å²) < 4.78 is 2.04. The Hall–Kier alpha value is -1.42. The van der Waals surface area contributed by atoms with Crippen molar-refractivity contribution in [2.24, 2.45) is 12.0 Å². The van der Waals surface area contributed by atoms with Crippen LogP contribution in [0.15, 0.2) is 29.4 Å². The van der Waals surface area contributed by atoms with Gasteiger partial charge in [-0.15, -0.1) is 0 Å². The van der Waals surface area contributed by atoms with Gasteiger partial charge in [-0.3, -0.25) is 4.99 Å². The molecule has 1 rings (SSSR count). The molecule has 0 saturated heterocycles. The van der Waals surface area contributed by atoms with E-state index in [0.29, 0.717) is 0 Å². The number of rotatable bonds is 6. The second kappa shape index (κ2) is 8.69. The van der Waals surface area contributed by atoms with E-state index in [1.165, 1.54) is 0 Å². The number of nitrogens with one attached hydrogen (secondary N) is 1. The highest BCUT2D eigenvalue weighted by Gasteiger charge is 2.09. The average molecular weight is 297 g/mol. The highest BCUT2D eigenvalue weighted by Crippen LogP contribution is 2.14. The van der Waals surface area contributed by atoms with Gasteiger partial charge in [0, 0.05) is 39.1 Å². The molecule has 0 aliphatic rings. The topological polar surface area (TPSA) is 32.6 Å². The molecule has 0 bridgehead atoms. The first kappa shape index (κ1) is 16.6. The summed E-state index contributed by atoms with van der Waals surface area (Å²) in [6, 6.07) is 1.99. The summed E-state index contributed by atoms with van der Waals surface area (Å²) in [4.78, 5) is 6.74. The molecule has 0 atom stereocenters. The van der Waals surface area contributed by atoms with Crippen molar-refractivity contribution in [3.8, 4) is 0 Å². The lowest BCUT2D eigenvalue weighted by atomic mass is 10.4. The average Bonchev–Trinajstić information content (AvgIpc) is 2.71. The molecule has 0 aliphatic heterocycles. The van der Waals surface area contributed by atoms with Crippen LogP contribution in [0.25, 0.3) is 0 Å². The van der Waals surface area contributed by atoms with Gasteiger partial charge in [0.25, 0.3) is 0 Å². The number of allylic oxidation sites excluding steroid dienone is 1. The predicted molar refractivity (Wildman–Crippen MR) is 87.3 cm³/mol. The molecule has 5 heteroatoms. The van der Waals surface area contributed by atoms with E-state index >= 15 is 0 Å². The summed E-state index contributed by atoms with van der Waals surface area (Å²) in [6.07, 6.45) is 7.07. The fourth-order valence-electron chi connectivity index (χ4n) is 1.92. The minimum atomic E-state index is 0.769. The van der Waals surface area contributed by atoms with E-state index in [-0.39, 0.29) is 0 Å². The van der Waals surface area contributed by atoms with Crippen LogP contribution in [0.2, 0.25) is 5.02 Å². The van der Waals surface area contributed by atoms with Crippen molar-refractivity contribution < 1.29 is 0 Å². The number of nitrogens with zero attached hydrogens (tertiary/aromatic N) is 3. The molecule has 0 spiro atoms. The Bertz CT molecular complexity index is 462. The largest absolute Gasteiger partial charge is 0.357 e. The number of aliphatic imine (C=N–C) groups is 1. The fraction of sp³-hybridized carbons (Fsp3) is 0.533. The third kappa shape index (κ3) is 5.29. The second-order valence-electron chi connectivity index (χ2n) is 4.71. The van der Waals surface area contributed by atoms with E-state index < -0.39 is 0 Å². The molecule has 1 heterocycles. The summed E-state index contributed by atoms with van der Waals surface area (Å²) in [5.74, 6) is 0.925. The van der Waals surface area contributed by atoms with Crippen LogP contribution in [-0.4, -0.2) is 35.6 Å². The Morgan fingerprint density at radius 2 is 2.30 bits per heavy atom.